The number of fused-ring (bicyclic) bond motifs is 1. The molecule has 0 amide bonds. The van der Waals surface area contributed by atoms with E-state index in [0.717, 1.165) is 12.2 Å². The average Bonchev–Trinajstić information content (AvgIpc) is 2.55. The monoisotopic (exact) mass is 234 g/mol. The van der Waals surface area contributed by atoms with Gasteiger partial charge in [0.25, 0.3) is 0 Å². The molecule has 0 N–H and O–H groups in total. The Bertz CT molecular complexity index is 386. The van der Waals surface area contributed by atoms with E-state index in [0.29, 0.717) is 0 Å². The Morgan fingerprint density at radius 3 is 2.00 bits per heavy atom. The van der Waals surface area contributed by atoms with Crippen molar-refractivity contribution in [3.05, 3.63) is 18.0 Å². The second-order valence-electron chi connectivity index (χ2n) is 6.98. The molecular formula is C14H22N2O. The molecule has 0 bridgehead atoms. The minimum Gasteiger partial charge on any atom is -0.484 e. The van der Waals surface area contributed by atoms with Gasteiger partial charge >= 0.3 is 0 Å². The minimum atomic E-state index is -0.201. The normalized spacial score (nSPS) is 18.7. The second kappa shape index (κ2) is 3.44. The molecule has 1 aromatic rings. The van der Waals surface area contributed by atoms with E-state index < -0.39 is 0 Å². The van der Waals surface area contributed by atoms with Crippen LogP contribution in [0.25, 0.3) is 0 Å². The number of rotatable bonds is 0. The van der Waals surface area contributed by atoms with Crippen molar-refractivity contribution in [2.75, 3.05) is 0 Å². The molecule has 2 rings (SSSR count). The molecule has 0 saturated heterocycles. The van der Waals surface area contributed by atoms with Gasteiger partial charge in [0, 0.05) is 22.8 Å². The maximum absolute atomic E-state index is 6.32. The Kier molecular flexibility index (Phi) is 2.49. The van der Waals surface area contributed by atoms with Crippen LogP contribution in [0, 0.1) is 10.8 Å². The second-order valence-corrected chi connectivity index (χ2v) is 6.98. The predicted molar refractivity (Wildman–Crippen MR) is 68.0 cm³/mol. The molecule has 0 radical (unpaired) electrons. The van der Waals surface area contributed by atoms with E-state index in [1.54, 1.807) is 6.20 Å². The fourth-order valence-corrected chi connectivity index (χ4v) is 3.01. The molecule has 0 unspecified atom stereocenters. The number of hydrogen-bond donors (Lipinski definition) is 0. The van der Waals surface area contributed by atoms with E-state index >= 15 is 0 Å². The summed E-state index contributed by atoms with van der Waals surface area (Å²) in [6.45, 7) is 13.4. The Hall–Kier alpha value is -1.12. The van der Waals surface area contributed by atoms with Gasteiger partial charge < -0.3 is 4.74 Å². The Balaban J connectivity index is 2.50. The van der Waals surface area contributed by atoms with Crippen molar-refractivity contribution in [3.8, 4) is 5.75 Å². The largest absolute Gasteiger partial charge is 0.484 e. The highest BCUT2D eigenvalue weighted by molar-refractivity contribution is 5.37. The van der Waals surface area contributed by atoms with Crippen LogP contribution in [0.1, 0.15) is 47.1 Å². The van der Waals surface area contributed by atoms with Gasteiger partial charge in [0.2, 0.25) is 0 Å². The van der Waals surface area contributed by atoms with Crippen molar-refractivity contribution in [1.82, 2.24) is 10.2 Å². The Morgan fingerprint density at radius 2 is 1.53 bits per heavy atom. The lowest BCUT2D eigenvalue weighted by Crippen LogP contribution is -2.56. The van der Waals surface area contributed by atoms with Crippen LogP contribution < -0.4 is 4.74 Å². The smallest absolute Gasteiger partial charge is 0.145 e. The summed E-state index contributed by atoms with van der Waals surface area (Å²) in [7, 11) is 0. The molecule has 1 aliphatic rings. The van der Waals surface area contributed by atoms with Crippen LogP contribution >= 0.6 is 0 Å². The van der Waals surface area contributed by atoms with Crippen LogP contribution in [0.2, 0.25) is 0 Å². The van der Waals surface area contributed by atoms with Crippen LogP contribution in [0.3, 0.4) is 0 Å². The maximum atomic E-state index is 6.32. The van der Waals surface area contributed by atoms with Crippen molar-refractivity contribution in [1.29, 1.82) is 0 Å². The summed E-state index contributed by atoms with van der Waals surface area (Å²) in [6.07, 6.45) is 4.47. The maximum Gasteiger partial charge on any atom is 0.145 e. The van der Waals surface area contributed by atoms with Crippen molar-refractivity contribution in [2.45, 2.75) is 53.6 Å². The van der Waals surface area contributed by atoms with Crippen LogP contribution in [0.5, 0.6) is 5.75 Å². The van der Waals surface area contributed by atoms with Crippen molar-refractivity contribution in [3.63, 3.8) is 0 Å². The van der Waals surface area contributed by atoms with Gasteiger partial charge in [0.15, 0.2) is 0 Å². The quantitative estimate of drug-likeness (QED) is 0.691. The number of hydrogen-bond acceptors (Lipinski definition) is 3. The molecule has 0 fully saturated rings. The van der Waals surface area contributed by atoms with E-state index in [1.807, 2.05) is 6.20 Å². The van der Waals surface area contributed by atoms with Gasteiger partial charge in [0.1, 0.15) is 11.4 Å². The van der Waals surface area contributed by atoms with Crippen molar-refractivity contribution < 1.29 is 4.74 Å². The fraction of sp³-hybridized carbons (Fsp3) is 0.714. The molecule has 1 aliphatic heterocycles. The summed E-state index contributed by atoms with van der Waals surface area (Å²) in [5.41, 5.74) is 1.09. The van der Waals surface area contributed by atoms with E-state index in [9.17, 15) is 0 Å². The zero-order chi connectivity index (χ0) is 12.9. The van der Waals surface area contributed by atoms with Crippen molar-refractivity contribution >= 4 is 0 Å². The molecule has 0 atom stereocenters. The first-order chi connectivity index (χ1) is 7.67. The highest BCUT2D eigenvalue weighted by Gasteiger charge is 2.56. The van der Waals surface area contributed by atoms with Gasteiger partial charge in [-0.25, -0.2) is 0 Å². The van der Waals surface area contributed by atoms with Crippen LogP contribution in [0.4, 0.5) is 0 Å². The first kappa shape index (κ1) is 12.3. The topological polar surface area (TPSA) is 35.0 Å². The lowest BCUT2D eigenvalue weighted by molar-refractivity contribution is -0.0987. The SMILES string of the molecule is CC(C)(C)C1(C(C)(C)C)Cc2cnncc2O1. The lowest BCUT2D eigenvalue weighted by atomic mass is 9.61. The summed E-state index contributed by atoms with van der Waals surface area (Å²) in [5.74, 6) is 0.893. The summed E-state index contributed by atoms with van der Waals surface area (Å²) >= 11 is 0. The molecule has 0 aliphatic carbocycles. The van der Waals surface area contributed by atoms with Gasteiger partial charge in [-0.3, -0.25) is 0 Å². The van der Waals surface area contributed by atoms with E-state index in [-0.39, 0.29) is 16.4 Å². The standard InChI is InChI=1S/C14H22N2O/c1-12(2,3)14(13(4,5)6)7-10-8-15-16-9-11(10)17-14/h8-9H,7H2,1-6H3. The summed E-state index contributed by atoms with van der Waals surface area (Å²) < 4.78 is 6.32. The van der Waals surface area contributed by atoms with E-state index in [2.05, 4.69) is 51.7 Å². The predicted octanol–water partition coefficient (Wildman–Crippen LogP) is 3.24. The molecule has 1 aromatic heterocycles. The Labute approximate surface area is 104 Å². The van der Waals surface area contributed by atoms with Gasteiger partial charge in [0.05, 0.1) is 12.4 Å². The Morgan fingerprint density at radius 1 is 1.00 bits per heavy atom. The molecule has 0 spiro atoms. The highest BCUT2D eigenvalue weighted by Crippen LogP contribution is 2.53. The number of aromatic nitrogens is 2. The third-order valence-corrected chi connectivity index (χ3v) is 3.92. The van der Waals surface area contributed by atoms with Crippen LogP contribution in [0.15, 0.2) is 12.4 Å². The third-order valence-electron chi connectivity index (χ3n) is 3.92. The van der Waals surface area contributed by atoms with Gasteiger partial charge in [-0.1, -0.05) is 41.5 Å². The average molecular weight is 234 g/mol. The van der Waals surface area contributed by atoms with E-state index in [4.69, 9.17) is 4.74 Å². The molecule has 3 nitrogen and oxygen atoms in total. The molecule has 94 valence electrons. The molecule has 0 saturated carbocycles. The molecular weight excluding hydrogens is 212 g/mol. The minimum absolute atomic E-state index is 0.0598. The zero-order valence-corrected chi connectivity index (χ0v) is 11.7. The van der Waals surface area contributed by atoms with Crippen molar-refractivity contribution in [2.24, 2.45) is 10.8 Å². The highest BCUT2D eigenvalue weighted by atomic mass is 16.5. The first-order valence-electron chi connectivity index (χ1n) is 6.16. The summed E-state index contributed by atoms with van der Waals surface area (Å²) in [5, 5.41) is 7.87. The third kappa shape index (κ3) is 1.72. The molecule has 17 heavy (non-hydrogen) atoms. The molecule has 0 aromatic carbocycles. The molecule has 3 heteroatoms. The lowest BCUT2D eigenvalue weighted by Gasteiger charge is -2.50. The molecule has 2 heterocycles. The fourth-order valence-electron chi connectivity index (χ4n) is 3.01. The number of nitrogens with zero attached hydrogens (tertiary/aromatic N) is 2. The van der Waals surface area contributed by atoms with Gasteiger partial charge in [-0.2, -0.15) is 10.2 Å². The summed E-state index contributed by atoms with van der Waals surface area (Å²) in [6, 6.07) is 0. The summed E-state index contributed by atoms with van der Waals surface area (Å²) in [4.78, 5) is 0. The first-order valence-corrected chi connectivity index (χ1v) is 6.16. The van der Waals surface area contributed by atoms with Gasteiger partial charge in [-0.05, 0) is 0 Å². The van der Waals surface area contributed by atoms with Crippen LogP contribution in [-0.4, -0.2) is 15.8 Å². The number of ether oxygens (including phenoxy) is 1. The van der Waals surface area contributed by atoms with E-state index in [1.165, 1.54) is 5.56 Å². The van der Waals surface area contributed by atoms with Gasteiger partial charge in [-0.15, -0.1) is 0 Å². The van der Waals surface area contributed by atoms with Crippen LogP contribution in [-0.2, 0) is 6.42 Å². The zero-order valence-electron chi connectivity index (χ0n) is 11.7.